The minimum Gasteiger partial charge on any atom is -0.494 e. The number of ether oxygens (including phenoxy) is 1. The number of hydrogen-bond donors (Lipinski definition) is 1. The summed E-state index contributed by atoms with van der Waals surface area (Å²) in [5.74, 6) is 0.582. The van der Waals surface area contributed by atoms with E-state index < -0.39 is 0 Å². The van der Waals surface area contributed by atoms with Gasteiger partial charge in [0.05, 0.1) is 12.7 Å². The number of carbonyl (C=O) groups excluding carboxylic acids is 1. The van der Waals surface area contributed by atoms with Crippen molar-refractivity contribution in [3.05, 3.63) is 29.8 Å². The van der Waals surface area contributed by atoms with Gasteiger partial charge in [-0.05, 0) is 12.1 Å². The molecule has 0 aliphatic rings. The number of benzene rings is 1. The molecule has 0 bridgehead atoms. The molecule has 1 aromatic heterocycles. The van der Waals surface area contributed by atoms with Gasteiger partial charge in [0.15, 0.2) is 5.82 Å². The molecule has 5 nitrogen and oxygen atoms in total. The van der Waals surface area contributed by atoms with Crippen molar-refractivity contribution in [3.63, 3.8) is 0 Å². The van der Waals surface area contributed by atoms with E-state index in [-0.39, 0.29) is 11.7 Å². The second-order valence-corrected chi connectivity index (χ2v) is 3.71. The summed E-state index contributed by atoms with van der Waals surface area (Å²) < 4.78 is 5.20. The van der Waals surface area contributed by atoms with Crippen LogP contribution in [0.4, 0.5) is 5.82 Å². The fraction of sp³-hybridized carbons (Fsp3) is 0.154. The molecule has 0 aliphatic heterocycles. The van der Waals surface area contributed by atoms with E-state index in [2.05, 4.69) is 10.3 Å². The predicted octanol–water partition coefficient (Wildman–Crippen LogP) is 2.07. The Morgan fingerprint density at radius 2 is 2.28 bits per heavy atom. The summed E-state index contributed by atoms with van der Waals surface area (Å²) in [5.41, 5.74) is 0.939. The van der Waals surface area contributed by atoms with Crippen LogP contribution in [0.1, 0.15) is 12.5 Å². The second kappa shape index (κ2) is 4.72. The van der Waals surface area contributed by atoms with Gasteiger partial charge >= 0.3 is 0 Å². The summed E-state index contributed by atoms with van der Waals surface area (Å²) >= 11 is 0. The third kappa shape index (κ3) is 2.09. The van der Waals surface area contributed by atoms with Crippen LogP contribution in [0.15, 0.2) is 24.3 Å². The summed E-state index contributed by atoms with van der Waals surface area (Å²) in [6.45, 7) is 1.37. The summed E-state index contributed by atoms with van der Waals surface area (Å²) in [4.78, 5) is 15.4. The van der Waals surface area contributed by atoms with Gasteiger partial charge in [-0.2, -0.15) is 5.26 Å². The van der Waals surface area contributed by atoms with E-state index >= 15 is 0 Å². The number of amides is 1. The van der Waals surface area contributed by atoms with Crippen molar-refractivity contribution in [2.45, 2.75) is 6.92 Å². The van der Waals surface area contributed by atoms with Crippen molar-refractivity contribution in [1.29, 1.82) is 5.26 Å². The number of rotatable bonds is 2. The minimum atomic E-state index is -0.270. The monoisotopic (exact) mass is 241 g/mol. The number of para-hydroxylation sites is 1. The Bertz CT molecular complexity index is 659. The molecule has 5 heteroatoms. The fourth-order valence-corrected chi connectivity index (χ4v) is 1.68. The van der Waals surface area contributed by atoms with Gasteiger partial charge in [0.1, 0.15) is 17.3 Å². The van der Waals surface area contributed by atoms with Crippen LogP contribution in [-0.4, -0.2) is 18.0 Å². The lowest BCUT2D eigenvalue weighted by atomic mass is 10.1. The third-order valence-electron chi connectivity index (χ3n) is 2.44. The molecule has 0 aliphatic carbocycles. The maximum Gasteiger partial charge on any atom is 0.222 e. The Morgan fingerprint density at radius 3 is 2.89 bits per heavy atom. The van der Waals surface area contributed by atoms with Crippen LogP contribution in [0.5, 0.6) is 5.75 Å². The zero-order valence-electron chi connectivity index (χ0n) is 10.0. The van der Waals surface area contributed by atoms with Gasteiger partial charge in [-0.15, -0.1) is 0 Å². The van der Waals surface area contributed by atoms with Crippen molar-refractivity contribution in [2.75, 3.05) is 12.4 Å². The molecule has 1 N–H and O–H groups in total. The number of nitriles is 1. The molecule has 0 atom stereocenters. The number of nitrogens with one attached hydrogen (secondary N) is 1. The first-order chi connectivity index (χ1) is 8.65. The highest BCUT2D eigenvalue weighted by atomic mass is 16.5. The maximum atomic E-state index is 11.1. The molecule has 1 amide bonds. The number of fused-ring (bicyclic) bond motifs is 1. The topological polar surface area (TPSA) is 75.0 Å². The molecule has 0 saturated heterocycles. The zero-order valence-corrected chi connectivity index (χ0v) is 10.0. The van der Waals surface area contributed by atoms with Gasteiger partial charge in [0.2, 0.25) is 5.91 Å². The van der Waals surface area contributed by atoms with Crippen LogP contribution < -0.4 is 10.1 Å². The first kappa shape index (κ1) is 11.9. The number of carbonyl (C=O) groups is 1. The van der Waals surface area contributed by atoms with E-state index in [1.165, 1.54) is 6.92 Å². The highest BCUT2D eigenvalue weighted by molar-refractivity contribution is 5.93. The highest BCUT2D eigenvalue weighted by Crippen LogP contribution is 2.27. The van der Waals surface area contributed by atoms with Crippen molar-refractivity contribution < 1.29 is 9.53 Å². The Balaban J connectivity index is 2.70. The molecule has 0 unspecified atom stereocenters. The molecular weight excluding hydrogens is 230 g/mol. The largest absolute Gasteiger partial charge is 0.494 e. The molecule has 18 heavy (non-hydrogen) atoms. The van der Waals surface area contributed by atoms with Gasteiger partial charge < -0.3 is 10.1 Å². The van der Waals surface area contributed by atoms with Crippen molar-refractivity contribution in [1.82, 2.24) is 4.98 Å². The quantitative estimate of drug-likeness (QED) is 0.873. The second-order valence-electron chi connectivity index (χ2n) is 3.71. The number of methoxy groups -OCH3 is 1. The predicted molar refractivity (Wildman–Crippen MR) is 67.3 cm³/mol. The SMILES string of the molecule is COc1cccc2cc(C#N)c(NC(C)=O)nc12. The minimum absolute atomic E-state index is 0.252. The zero-order chi connectivity index (χ0) is 13.1. The van der Waals surface area contributed by atoms with Gasteiger partial charge in [0.25, 0.3) is 0 Å². The van der Waals surface area contributed by atoms with E-state index in [1.54, 1.807) is 19.2 Å². The van der Waals surface area contributed by atoms with E-state index in [0.717, 1.165) is 5.39 Å². The van der Waals surface area contributed by atoms with Gasteiger partial charge in [-0.25, -0.2) is 4.98 Å². The molecule has 0 fully saturated rings. The average Bonchev–Trinajstić information content (AvgIpc) is 2.36. The number of nitrogens with zero attached hydrogens (tertiary/aromatic N) is 2. The number of aromatic nitrogens is 1. The summed E-state index contributed by atoms with van der Waals surface area (Å²) in [7, 11) is 1.55. The van der Waals surface area contributed by atoms with Gasteiger partial charge in [-0.3, -0.25) is 4.79 Å². The lowest BCUT2D eigenvalue weighted by Crippen LogP contribution is -2.09. The highest BCUT2D eigenvalue weighted by Gasteiger charge is 2.10. The van der Waals surface area contributed by atoms with Crippen LogP contribution in [0, 0.1) is 11.3 Å². The van der Waals surface area contributed by atoms with Crippen LogP contribution in [-0.2, 0) is 4.79 Å². The number of pyridine rings is 1. The molecule has 90 valence electrons. The Kier molecular flexibility index (Phi) is 3.11. The van der Waals surface area contributed by atoms with Crippen LogP contribution in [0.2, 0.25) is 0 Å². The van der Waals surface area contributed by atoms with Crippen molar-refractivity contribution in [2.24, 2.45) is 0 Å². The van der Waals surface area contributed by atoms with Gasteiger partial charge in [-0.1, -0.05) is 12.1 Å². The smallest absolute Gasteiger partial charge is 0.222 e. The standard InChI is InChI=1S/C13H11N3O2/c1-8(17)15-13-10(7-14)6-9-4-3-5-11(18-2)12(9)16-13/h3-6H,1-2H3,(H,15,16,17). The van der Waals surface area contributed by atoms with Crippen molar-refractivity contribution >= 4 is 22.6 Å². The van der Waals surface area contributed by atoms with Crippen molar-refractivity contribution in [3.8, 4) is 11.8 Å². The molecular formula is C13H11N3O2. The fourth-order valence-electron chi connectivity index (χ4n) is 1.68. The van der Waals surface area contributed by atoms with Gasteiger partial charge in [0, 0.05) is 12.3 Å². The third-order valence-corrected chi connectivity index (χ3v) is 2.44. The Labute approximate surface area is 104 Å². The lowest BCUT2D eigenvalue weighted by molar-refractivity contribution is -0.114. The van der Waals surface area contributed by atoms with Crippen LogP contribution in [0.3, 0.4) is 0 Å². The number of anilines is 1. The Hall–Kier alpha value is -2.61. The number of hydrogen-bond acceptors (Lipinski definition) is 4. The molecule has 1 aromatic carbocycles. The maximum absolute atomic E-state index is 11.1. The van der Waals surface area contributed by atoms with E-state index in [9.17, 15) is 4.79 Å². The van der Waals surface area contributed by atoms with Crippen LogP contribution in [0.25, 0.3) is 10.9 Å². The van der Waals surface area contributed by atoms with E-state index in [4.69, 9.17) is 10.00 Å². The molecule has 0 spiro atoms. The first-order valence-corrected chi connectivity index (χ1v) is 5.31. The molecule has 0 radical (unpaired) electrons. The first-order valence-electron chi connectivity index (χ1n) is 5.31. The lowest BCUT2D eigenvalue weighted by Gasteiger charge is -2.08. The summed E-state index contributed by atoms with van der Waals surface area (Å²) in [5, 5.41) is 12.4. The average molecular weight is 241 g/mol. The molecule has 0 saturated carbocycles. The van der Waals surface area contributed by atoms with E-state index in [0.29, 0.717) is 16.8 Å². The molecule has 1 heterocycles. The summed E-state index contributed by atoms with van der Waals surface area (Å²) in [6.07, 6.45) is 0. The normalized spacial score (nSPS) is 9.83. The van der Waals surface area contributed by atoms with E-state index in [1.807, 2.05) is 18.2 Å². The molecule has 2 aromatic rings. The Morgan fingerprint density at radius 1 is 1.50 bits per heavy atom. The van der Waals surface area contributed by atoms with Crippen LogP contribution >= 0.6 is 0 Å². The summed E-state index contributed by atoms with van der Waals surface area (Å²) in [6, 6.07) is 9.12. The molecule has 2 rings (SSSR count).